The average Bonchev–Trinajstić information content (AvgIpc) is 2.53. The van der Waals surface area contributed by atoms with Crippen LogP contribution in [-0.4, -0.2) is 41.0 Å². The standard InChI is InChI=1S/C16H19F3N2O3/c1-10(22)11-6-8-21(9-7-11)15(24)14(23)20-13-5-3-2-4-12(13)16(17,18)19/h2-5,10-11,22H,6-9H2,1H3,(H,20,23). The first kappa shape index (κ1) is 18.3. The van der Waals surface area contributed by atoms with Gasteiger partial charge in [0.25, 0.3) is 0 Å². The smallest absolute Gasteiger partial charge is 0.393 e. The summed E-state index contributed by atoms with van der Waals surface area (Å²) in [6.07, 6.45) is -4.01. The molecule has 24 heavy (non-hydrogen) atoms. The van der Waals surface area contributed by atoms with Gasteiger partial charge in [0.15, 0.2) is 0 Å². The number of nitrogens with one attached hydrogen (secondary N) is 1. The number of carbonyl (C=O) groups excluding carboxylic acids is 2. The summed E-state index contributed by atoms with van der Waals surface area (Å²) >= 11 is 0. The molecule has 2 N–H and O–H groups in total. The van der Waals surface area contributed by atoms with Gasteiger partial charge in [-0.25, -0.2) is 0 Å². The van der Waals surface area contributed by atoms with Crippen LogP contribution >= 0.6 is 0 Å². The summed E-state index contributed by atoms with van der Waals surface area (Å²) in [7, 11) is 0. The Labute approximate surface area is 137 Å². The number of hydrogen-bond acceptors (Lipinski definition) is 3. The average molecular weight is 344 g/mol. The Kier molecular flexibility index (Phi) is 5.48. The van der Waals surface area contributed by atoms with Crippen molar-refractivity contribution in [3.8, 4) is 0 Å². The lowest BCUT2D eigenvalue weighted by atomic mass is 9.92. The SMILES string of the molecule is CC(O)C1CCN(C(=O)C(=O)Nc2ccccc2C(F)(F)F)CC1. The van der Waals surface area contributed by atoms with Gasteiger partial charge in [0.1, 0.15) is 0 Å². The molecule has 1 atom stereocenters. The van der Waals surface area contributed by atoms with Gasteiger partial charge in [-0.15, -0.1) is 0 Å². The zero-order chi connectivity index (χ0) is 17.9. The summed E-state index contributed by atoms with van der Waals surface area (Å²) in [5.41, 5.74) is -1.44. The van der Waals surface area contributed by atoms with Gasteiger partial charge >= 0.3 is 18.0 Å². The zero-order valence-corrected chi connectivity index (χ0v) is 13.1. The molecule has 0 bridgehead atoms. The van der Waals surface area contributed by atoms with Gasteiger partial charge in [-0.3, -0.25) is 9.59 Å². The van der Waals surface area contributed by atoms with Crippen molar-refractivity contribution < 1.29 is 27.9 Å². The highest BCUT2D eigenvalue weighted by Gasteiger charge is 2.35. The predicted molar refractivity (Wildman–Crippen MR) is 81.1 cm³/mol. The fourth-order valence-electron chi connectivity index (χ4n) is 2.74. The molecule has 1 fully saturated rings. The Balaban J connectivity index is 2.02. The van der Waals surface area contributed by atoms with Gasteiger partial charge in [0.05, 0.1) is 17.4 Å². The molecule has 5 nitrogen and oxygen atoms in total. The molecule has 0 spiro atoms. The largest absolute Gasteiger partial charge is 0.418 e. The van der Waals surface area contributed by atoms with Crippen molar-refractivity contribution in [1.82, 2.24) is 4.90 Å². The number of rotatable bonds is 2. The van der Waals surface area contributed by atoms with Crippen molar-refractivity contribution >= 4 is 17.5 Å². The number of halogens is 3. The van der Waals surface area contributed by atoms with Crippen molar-refractivity contribution in [2.45, 2.75) is 32.0 Å². The van der Waals surface area contributed by atoms with E-state index in [1.165, 1.54) is 17.0 Å². The third-order valence-corrected chi connectivity index (χ3v) is 4.18. The number of amides is 2. The first-order chi connectivity index (χ1) is 11.2. The highest BCUT2D eigenvalue weighted by molar-refractivity contribution is 6.39. The molecule has 0 aromatic heterocycles. The molecule has 2 amide bonds. The monoisotopic (exact) mass is 344 g/mol. The Bertz CT molecular complexity index is 609. The third kappa shape index (κ3) is 4.25. The normalized spacial score (nSPS) is 17.5. The summed E-state index contributed by atoms with van der Waals surface area (Å²) in [6.45, 7) is 2.26. The van der Waals surface area contributed by atoms with Gasteiger partial charge in [-0.1, -0.05) is 12.1 Å². The summed E-state index contributed by atoms with van der Waals surface area (Å²) in [4.78, 5) is 25.4. The van der Waals surface area contributed by atoms with Crippen LogP contribution in [0, 0.1) is 5.92 Å². The molecule has 1 aromatic rings. The van der Waals surface area contributed by atoms with Crippen molar-refractivity contribution in [2.24, 2.45) is 5.92 Å². The maximum absolute atomic E-state index is 12.9. The molecule has 1 aliphatic rings. The predicted octanol–water partition coefficient (Wildman–Crippen LogP) is 2.26. The van der Waals surface area contributed by atoms with Crippen LogP contribution < -0.4 is 5.32 Å². The van der Waals surface area contributed by atoms with E-state index in [1.807, 2.05) is 5.32 Å². The molecule has 1 aromatic carbocycles. The second-order valence-corrected chi connectivity index (χ2v) is 5.87. The van der Waals surface area contributed by atoms with Crippen molar-refractivity contribution in [2.75, 3.05) is 18.4 Å². The van der Waals surface area contributed by atoms with E-state index in [0.717, 1.165) is 12.1 Å². The Morgan fingerprint density at radius 1 is 1.25 bits per heavy atom. The minimum absolute atomic E-state index is 0.0584. The summed E-state index contributed by atoms with van der Waals surface area (Å²) in [5, 5.41) is 11.6. The molecule has 1 saturated heterocycles. The van der Waals surface area contributed by atoms with Crippen molar-refractivity contribution in [3.63, 3.8) is 0 Å². The molecule has 132 valence electrons. The van der Waals surface area contributed by atoms with E-state index in [1.54, 1.807) is 6.92 Å². The topological polar surface area (TPSA) is 69.6 Å². The van der Waals surface area contributed by atoms with E-state index < -0.39 is 35.3 Å². The molecular weight excluding hydrogens is 325 g/mol. The number of para-hydroxylation sites is 1. The number of aliphatic hydroxyl groups excluding tert-OH is 1. The van der Waals surface area contributed by atoms with Gasteiger partial charge < -0.3 is 15.3 Å². The second-order valence-electron chi connectivity index (χ2n) is 5.87. The minimum Gasteiger partial charge on any atom is -0.393 e. The van der Waals surface area contributed by atoms with Gasteiger partial charge in [-0.05, 0) is 37.8 Å². The van der Waals surface area contributed by atoms with Crippen LogP contribution in [0.3, 0.4) is 0 Å². The molecule has 0 aliphatic carbocycles. The highest BCUT2D eigenvalue weighted by atomic mass is 19.4. The van der Waals surface area contributed by atoms with Crippen molar-refractivity contribution in [1.29, 1.82) is 0 Å². The molecule has 8 heteroatoms. The van der Waals surface area contributed by atoms with E-state index in [-0.39, 0.29) is 5.92 Å². The summed E-state index contributed by atoms with van der Waals surface area (Å²) in [6, 6.07) is 4.51. The number of hydrogen-bond donors (Lipinski definition) is 2. The minimum atomic E-state index is -4.62. The maximum Gasteiger partial charge on any atom is 0.418 e. The lowest BCUT2D eigenvalue weighted by Gasteiger charge is -2.32. The van der Waals surface area contributed by atoms with E-state index in [4.69, 9.17) is 0 Å². The van der Waals surface area contributed by atoms with Gasteiger partial charge in [-0.2, -0.15) is 13.2 Å². The van der Waals surface area contributed by atoms with Gasteiger partial charge in [0, 0.05) is 13.1 Å². The molecule has 2 rings (SSSR count). The van der Waals surface area contributed by atoms with Crippen LogP contribution in [0.1, 0.15) is 25.3 Å². The van der Waals surface area contributed by atoms with Crippen LogP contribution in [-0.2, 0) is 15.8 Å². The molecule has 0 saturated carbocycles. The lowest BCUT2D eigenvalue weighted by molar-refractivity contribution is -0.144. The zero-order valence-electron chi connectivity index (χ0n) is 13.1. The molecule has 0 radical (unpaired) electrons. The highest BCUT2D eigenvalue weighted by Crippen LogP contribution is 2.34. The lowest BCUT2D eigenvalue weighted by Crippen LogP contribution is -2.45. The molecule has 1 unspecified atom stereocenters. The van der Waals surface area contributed by atoms with E-state index in [9.17, 15) is 27.9 Å². The quantitative estimate of drug-likeness (QED) is 0.809. The Morgan fingerprint density at radius 2 is 1.83 bits per heavy atom. The number of benzene rings is 1. The fourth-order valence-corrected chi connectivity index (χ4v) is 2.74. The number of likely N-dealkylation sites (tertiary alicyclic amines) is 1. The Hall–Kier alpha value is -2.09. The summed E-state index contributed by atoms with van der Waals surface area (Å²) < 4.78 is 38.7. The first-order valence-electron chi connectivity index (χ1n) is 7.64. The Morgan fingerprint density at radius 3 is 2.38 bits per heavy atom. The van der Waals surface area contributed by atoms with E-state index in [0.29, 0.717) is 25.9 Å². The maximum atomic E-state index is 12.9. The number of carbonyl (C=O) groups is 2. The number of piperidine rings is 1. The van der Waals surface area contributed by atoms with Crippen LogP contribution in [0.5, 0.6) is 0 Å². The van der Waals surface area contributed by atoms with Crippen LogP contribution in [0.25, 0.3) is 0 Å². The van der Waals surface area contributed by atoms with Crippen LogP contribution in [0.2, 0.25) is 0 Å². The van der Waals surface area contributed by atoms with Crippen LogP contribution in [0.15, 0.2) is 24.3 Å². The third-order valence-electron chi connectivity index (χ3n) is 4.18. The molecular formula is C16H19F3N2O3. The number of anilines is 1. The number of nitrogens with zero attached hydrogens (tertiary/aromatic N) is 1. The number of alkyl halides is 3. The molecule has 1 aliphatic heterocycles. The first-order valence-corrected chi connectivity index (χ1v) is 7.64. The van der Waals surface area contributed by atoms with Gasteiger partial charge in [0.2, 0.25) is 0 Å². The van der Waals surface area contributed by atoms with E-state index >= 15 is 0 Å². The van der Waals surface area contributed by atoms with Crippen LogP contribution in [0.4, 0.5) is 18.9 Å². The second kappa shape index (κ2) is 7.21. The van der Waals surface area contributed by atoms with Crippen molar-refractivity contribution in [3.05, 3.63) is 29.8 Å². The van der Waals surface area contributed by atoms with E-state index in [2.05, 4.69) is 0 Å². The number of aliphatic hydroxyl groups is 1. The fraction of sp³-hybridized carbons (Fsp3) is 0.500. The molecule has 1 heterocycles. The summed E-state index contributed by atoms with van der Waals surface area (Å²) in [5.74, 6) is -1.90.